The van der Waals surface area contributed by atoms with Crippen LogP contribution in [0.1, 0.15) is 10.4 Å². The summed E-state index contributed by atoms with van der Waals surface area (Å²) in [5, 5.41) is 10.7. The van der Waals surface area contributed by atoms with Crippen LogP contribution in [0.25, 0.3) is 10.8 Å². The number of carbonyl (C=O) groups excluding carboxylic acids is 1. The fourth-order valence-electron chi connectivity index (χ4n) is 1.27. The number of rotatable bonds is 1. The first-order chi connectivity index (χ1) is 6.18. The number of primary amides is 1. The summed E-state index contributed by atoms with van der Waals surface area (Å²) in [6.45, 7) is 0. The van der Waals surface area contributed by atoms with Gasteiger partial charge in [-0.3, -0.25) is 4.79 Å². The van der Waals surface area contributed by atoms with E-state index in [0.717, 1.165) is 5.39 Å². The molecule has 0 radical (unpaired) electrons. The van der Waals surface area contributed by atoms with Crippen LogP contribution >= 0.6 is 0 Å². The third-order valence-corrected chi connectivity index (χ3v) is 1.96. The Bertz CT molecular complexity index is 473. The number of nitrogens with two attached hydrogens (primary N) is 1. The number of aromatic amines is 1. The standard InChI is InChI=1S/C9H8N2O2/c10-8(12)5-1-2-7-6(3-5)4-11-9(7)13/h1-4,11,13H,(H2,10,12). The maximum absolute atomic E-state index is 10.8. The topological polar surface area (TPSA) is 79.1 Å². The van der Waals surface area contributed by atoms with E-state index >= 15 is 0 Å². The highest BCUT2D eigenvalue weighted by atomic mass is 16.3. The second kappa shape index (κ2) is 2.52. The van der Waals surface area contributed by atoms with E-state index in [-0.39, 0.29) is 5.88 Å². The van der Waals surface area contributed by atoms with Crippen LogP contribution in [0.2, 0.25) is 0 Å². The lowest BCUT2D eigenvalue weighted by Crippen LogP contribution is -2.10. The number of fused-ring (bicyclic) bond motifs is 1. The Morgan fingerprint density at radius 1 is 1.46 bits per heavy atom. The van der Waals surface area contributed by atoms with Crippen LogP contribution in [0.5, 0.6) is 5.88 Å². The van der Waals surface area contributed by atoms with E-state index in [9.17, 15) is 9.90 Å². The van der Waals surface area contributed by atoms with Gasteiger partial charge in [0.25, 0.3) is 0 Å². The summed E-state index contributed by atoms with van der Waals surface area (Å²) < 4.78 is 0. The van der Waals surface area contributed by atoms with E-state index in [2.05, 4.69) is 4.98 Å². The van der Waals surface area contributed by atoms with Gasteiger partial charge in [0.2, 0.25) is 5.91 Å². The average molecular weight is 176 g/mol. The second-order valence-electron chi connectivity index (χ2n) is 2.80. The van der Waals surface area contributed by atoms with Crippen LogP contribution in [0, 0.1) is 0 Å². The Kier molecular flexibility index (Phi) is 1.48. The van der Waals surface area contributed by atoms with E-state index in [4.69, 9.17) is 5.73 Å². The van der Waals surface area contributed by atoms with Crippen molar-refractivity contribution in [3.05, 3.63) is 30.0 Å². The molecule has 4 heteroatoms. The van der Waals surface area contributed by atoms with Gasteiger partial charge in [-0.05, 0) is 18.2 Å². The molecule has 0 spiro atoms. The van der Waals surface area contributed by atoms with E-state index in [1.807, 2.05) is 0 Å². The molecule has 13 heavy (non-hydrogen) atoms. The molecule has 66 valence electrons. The fourth-order valence-corrected chi connectivity index (χ4v) is 1.27. The number of hydrogen-bond donors (Lipinski definition) is 3. The number of aromatic nitrogens is 1. The highest BCUT2D eigenvalue weighted by molar-refractivity contribution is 5.98. The predicted molar refractivity (Wildman–Crippen MR) is 48.5 cm³/mol. The zero-order valence-electron chi connectivity index (χ0n) is 6.74. The van der Waals surface area contributed by atoms with Crippen molar-refractivity contribution in [2.75, 3.05) is 0 Å². The normalized spacial score (nSPS) is 10.5. The van der Waals surface area contributed by atoms with Crippen molar-refractivity contribution in [3.8, 4) is 5.88 Å². The first kappa shape index (κ1) is 7.67. The Labute approximate surface area is 74.0 Å². The molecule has 1 aromatic carbocycles. The van der Waals surface area contributed by atoms with Crippen LogP contribution in [-0.2, 0) is 0 Å². The largest absolute Gasteiger partial charge is 0.494 e. The number of H-pyrrole nitrogens is 1. The maximum Gasteiger partial charge on any atom is 0.248 e. The summed E-state index contributed by atoms with van der Waals surface area (Å²) in [5.41, 5.74) is 5.54. The van der Waals surface area contributed by atoms with Gasteiger partial charge in [-0.1, -0.05) is 0 Å². The molecule has 2 aromatic rings. The molecule has 2 rings (SSSR count). The molecule has 0 aliphatic rings. The van der Waals surface area contributed by atoms with Gasteiger partial charge >= 0.3 is 0 Å². The summed E-state index contributed by atoms with van der Waals surface area (Å²) >= 11 is 0. The first-order valence-corrected chi connectivity index (χ1v) is 3.78. The molecular weight excluding hydrogens is 168 g/mol. The number of amides is 1. The zero-order valence-corrected chi connectivity index (χ0v) is 6.74. The zero-order chi connectivity index (χ0) is 9.42. The summed E-state index contributed by atoms with van der Waals surface area (Å²) in [6.07, 6.45) is 1.62. The van der Waals surface area contributed by atoms with Gasteiger partial charge in [0.05, 0.1) is 0 Å². The van der Waals surface area contributed by atoms with Crippen molar-refractivity contribution in [1.29, 1.82) is 0 Å². The summed E-state index contributed by atoms with van der Waals surface area (Å²) in [4.78, 5) is 13.4. The van der Waals surface area contributed by atoms with E-state index < -0.39 is 5.91 Å². The minimum atomic E-state index is -0.470. The SMILES string of the molecule is NC(=O)c1ccc2c(O)[nH]cc2c1. The van der Waals surface area contributed by atoms with Crippen LogP contribution in [0.15, 0.2) is 24.4 Å². The molecule has 1 amide bonds. The lowest BCUT2D eigenvalue weighted by atomic mass is 10.1. The highest BCUT2D eigenvalue weighted by Crippen LogP contribution is 2.23. The minimum Gasteiger partial charge on any atom is -0.494 e. The Morgan fingerprint density at radius 2 is 2.23 bits per heavy atom. The lowest BCUT2D eigenvalue weighted by molar-refractivity contribution is 0.100. The molecular formula is C9H8N2O2. The monoisotopic (exact) mass is 176 g/mol. The molecule has 0 fully saturated rings. The first-order valence-electron chi connectivity index (χ1n) is 3.78. The third-order valence-electron chi connectivity index (χ3n) is 1.96. The Balaban J connectivity index is 2.70. The molecule has 4 N–H and O–H groups in total. The molecule has 0 aliphatic carbocycles. The maximum atomic E-state index is 10.8. The van der Waals surface area contributed by atoms with Crippen molar-refractivity contribution in [2.24, 2.45) is 5.73 Å². The summed E-state index contributed by atoms with van der Waals surface area (Å²) in [5.74, 6) is -0.367. The Morgan fingerprint density at radius 3 is 2.92 bits per heavy atom. The van der Waals surface area contributed by atoms with Gasteiger partial charge in [0, 0.05) is 22.5 Å². The van der Waals surface area contributed by atoms with E-state index in [0.29, 0.717) is 10.9 Å². The molecule has 0 atom stereocenters. The molecule has 0 saturated heterocycles. The molecule has 0 saturated carbocycles. The molecule has 0 bridgehead atoms. The van der Waals surface area contributed by atoms with E-state index in [1.165, 1.54) is 0 Å². The van der Waals surface area contributed by atoms with Crippen LogP contribution in [0.3, 0.4) is 0 Å². The van der Waals surface area contributed by atoms with Gasteiger partial charge in [0.1, 0.15) is 0 Å². The predicted octanol–water partition coefficient (Wildman–Crippen LogP) is 0.972. The number of hydrogen-bond acceptors (Lipinski definition) is 2. The average Bonchev–Trinajstić information content (AvgIpc) is 2.47. The van der Waals surface area contributed by atoms with Crippen molar-refractivity contribution < 1.29 is 9.90 Å². The van der Waals surface area contributed by atoms with Crippen molar-refractivity contribution in [2.45, 2.75) is 0 Å². The minimum absolute atomic E-state index is 0.103. The molecule has 0 unspecified atom stereocenters. The summed E-state index contributed by atoms with van der Waals surface area (Å²) in [6, 6.07) is 4.87. The number of nitrogens with one attached hydrogen (secondary N) is 1. The van der Waals surface area contributed by atoms with Crippen molar-refractivity contribution >= 4 is 16.7 Å². The second-order valence-corrected chi connectivity index (χ2v) is 2.80. The molecule has 4 nitrogen and oxygen atoms in total. The number of benzene rings is 1. The van der Waals surface area contributed by atoms with Crippen LogP contribution in [0.4, 0.5) is 0 Å². The van der Waals surface area contributed by atoms with Crippen molar-refractivity contribution in [3.63, 3.8) is 0 Å². The quantitative estimate of drug-likeness (QED) is 0.605. The lowest BCUT2D eigenvalue weighted by Gasteiger charge is -1.94. The van der Waals surface area contributed by atoms with Gasteiger partial charge in [-0.2, -0.15) is 0 Å². The van der Waals surface area contributed by atoms with E-state index in [1.54, 1.807) is 24.4 Å². The Hall–Kier alpha value is -1.97. The van der Waals surface area contributed by atoms with Gasteiger partial charge in [-0.15, -0.1) is 0 Å². The number of aromatic hydroxyl groups is 1. The van der Waals surface area contributed by atoms with Gasteiger partial charge in [0.15, 0.2) is 5.88 Å². The fraction of sp³-hybridized carbons (Fsp3) is 0. The van der Waals surface area contributed by atoms with Crippen LogP contribution < -0.4 is 5.73 Å². The van der Waals surface area contributed by atoms with Gasteiger partial charge in [-0.25, -0.2) is 0 Å². The van der Waals surface area contributed by atoms with Crippen LogP contribution in [-0.4, -0.2) is 16.0 Å². The number of carbonyl (C=O) groups is 1. The molecule has 0 aliphatic heterocycles. The highest BCUT2D eigenvalue weighted by Gasteiger charge is 2.05. The van der Waals surface area contributed by atoms with Gasteiger partial charge < -0.3 is 15.8 Å². The molecule has 1 heterocycles. The van der Waals surface area contributed by atoms with Crippen molar-refractivity contribution in [1.82, 2.24) is 4.98 Å². The smallest absolute Gasteiger partial charge is 0.248 e. The third kappa shape index (κ3) is 1.12. The molecule has 1 aromatic heterocycles. The summed E-state index contributed by atoms with van der Waals surface area (Å²) in [7, 11) is 0.